The molecule has 0 bridgehead atoms. The Bertz CT molecular complexity index is 792. The summed E-state index contributed by atoms with van der Waals surface area (Å²) in [6, 6.07) is 12.5. The Morgan fingerprint density at radius 2 is 1.95 bits per heavy atom. The number of nitrogens with zero attached hydrogens (tertiary/aromatic N) is 2. The zero-order valence-electron chi connectivity index (χ0n) is 11.5. The largest absolute Gasteiger partial charge is 0.301 e. The van der Waals surface area contributed by atoms with E-state index in [1.807, 2.05) is 25.4 Å². The zero-order chi connectivity index (χ0) is 14.1. The normalized spacial score (nSPS) is 10.7. The molecule has 0 N–H and O–H groups in total. The molecule has 0 unspecified atom stereocenters. The van der Waals surface area contributed by atoms with Crippen molar-refractivity contribution in [3.63, 3.8) is 0 Å². The van der Waals surface area contributed by atoms with Crippen molar-refractivity contribution in [1.82, 2.24) is 9.55 Å². The molecule has 0 aliphatic heterocycles. The minimum atomic E-state index is 0.957. The van der Waals surface area contributed by atoms with Crippen LogP contribution in [0.25, 0.3) is 28.4 Å². The number of benzene rings is 1. The third-order valence-corrected chi connectivity index (χ3v) is 3.42. The molecule has 0 aliphatic carbocycles. The van der Waals surface area contributed by atoms with Crippen molar-refractivity contribution in [3.8, 4) is 5.69 Å². The molecule has 0 saturated carbocycles. The Balaban J connectivity index is 2.10. The van der Waals surface area contributed by atoms with Gasteiger partial charge in [-0.3, -0.25) is 0 Å². The third kappa shape index (κ3) is 2.05. The van der Waals surface area contributed by atoms with Crippen LogP contribution in [0.15, 0.2) is 61.9 Å². The van der Waals surface area contributed by atoms with E-state index in [9.17, 15) is 0 Å². The highest BCUT2D eigenvalue weighted by Gasteiger charge is 2.05. The average Bonchev–Trinajstić information content (AvgIpc) is 2.90. The van der Waals surface area contributed by atoms with Crippen LogP contribution >= 0.6 is 0 Å². The van der Waals surface area contributed by atoms with E-state index in [0.29, 0.717) is 0 Å². The fourth-order valence-electron chi connectivity index (χ4n) is 2.27. The standard InChI is InChI=1S/C18H16N2/c1-4-14-11-16-9-10-20(18(16)19-12-14)17-7-5-15(6-8-17)13(2)3/h4-12H,1-2H2,3H3. The quantitative estimate of drug-likeness (QED) is 0.667. The minimum absolute atomic E-state index is 0.957. The van der Waals surface area contributed by atoms with E-state index in [4.69, 9.17) is 0 Å². The van der Waals surface area contributed by atoms with Crippen molar-refractivity contribution >= 4 is 22.7 Å². The van der Waals surface area contributed by atoms with Crippen LogP contribution in [0.4, 0.5) is 0 Å². The minimum Gasteiger partial charge on any atom is -0.301 e. The van der Waals surface area contributed by atoms with Crippen LogP contribution in [-0.4, -0.2) is 9.55 Å². The molecule has 0 amide bonds. The molecule has 20 heavy (non-hydrogen) atoms. The van der Waals surface area contributed by atoms with Crippen LogP contribution < -0.4 is 0 Å². The SMILES string of the molecule is C=Cc1cnc2c(ccn2-c2ccc(C(=C)C)cc2)c1. The van der Waals surface area contributed by atoms with Gasteiger partial charge in [-0.25, -0.2) is 4.98 Å². The highest BCUT2D eigenvalue weighted by Crippen LogP contribution is 2.21. The molecule has 1 aromatic carbocycles. The van der Waals surface area contributed by atoms with Crippen LogP contribution in [0.3, 0.4) is 0 Å². The second-order valence-electron chi connectivity index (χ2n) is 4.90. The number of rotatable bonds is 3. The maximum absolute atomic E-state index is 4.52. The van der Waals surface area contributed by atoms with E-state index in [-0.39, 0.29) is 0 Å². The van der Waals surface area contributed by atoms with Crippen molar-refractivity contribution in [2.75, 3.05) is 0 Å². The molecule has 0 saturated heterocycles. The highest BCUT2D eigenvalue weighted by atomic mass is 15.0. The molecule has 0 spiro atoms. The molecular formula is C18H16N2. The summed E-state index contributed by atoms with van der Waals surface area (Å²) in [6.07, 6.45) is 5.69. The third-order valence-electron chi connectivity index (χ3n) is 3.42. The van der Waals surface area contributed by atoms with Gasteiger partial charge in [0.15, 0.2) is 0 Å². The lowest BCUT2D eigenvalue weighted by Crippen LogP contribution is -1.94. The van der Waals surface area contributed by atoms with E-state index in [0.717, 1.165) is 33.4 Å². The lowest BCUT2D eigenvalue weighted by molar-refractivity contribution is 1.09. The van der Waals surface area contributed by atoms with Gasteiger partial charge in [-0.1, -0.05) is 36.9 Å². The number of fused-ring (bicyclic) bond motifs is 1. The second-order valence-corrected chi connectivity index (χ2v) is 4.90. The topological polar surface area (TPSA) is 17.8 Å². The van der Waals surface area contributed by atoms with Gasteiger partial charge in [0.1, 0.15) is 5.65 Å². The fraction of sp³-hybridized carbons (Fsp3) is 0.0556. The summed E-state index contributed by atoms with van der Waals surface area (Å²) >= 11 is 0. The van der Waals surface area contributed by atoms with Gasteiger partial charge in [-0.05, 0) is 42.3 Å². The van der Waals surface area contributed by atoms with E-state index < -0.39 is 0 Å². The smallest absolute Gasteiger partial charge is 0.144 e. The molecule has 0 radical (unpaired) electrons. The Hall–Kier alpha value is -2.61. The summed E-state index contributed by atoms with van der Waals surface area (Å²) < 4.78 is 2.09. The summed E-state index contributed by atoms with van der Waals surface area (Å²) in [5.74, 6) is 0. The van der Waals surface area contributed by atoms with Crippen molar-refractivity contribution < 1.29 is 0 Å². The second kappa shape index (κ2) is 4.82. The molecule has 2 nitrogen and oxygen atoms in total. The fourth-order valence-corrected chi connectivity index (χ4v) is 2.27. The van der Waals surface area contributed by atoms with Crippen molar-refractivity contribution in [2.45, 2.75) is 6.92 Å². The number of allylic oxidation sites excluding steroid dienone is 1. The number of pyridine rings is 1. The van der Waals surface area contributed by atoms with Crippen LogP contribution in [0, 0.1) is 0 Å². The molecular weight excluding hydrogens is 244 g/mol. The molecule has 2 heteroatoms. The molecule has 3 aromatic rings. The van der Waals surface area contributed by atoms with Gasteiger partial charge >= 0.3 is 0 Å². The van der Waals surface area contributed by atoms with Gasteiger partial charge in [-0.2, -0.15) is 0 Å². The summed E-state index contributed by atoms with van der Waals surface area (Å²) in [5, 5.41) is 1.12. The zero-order valence-corrected chi connectivity index (χ0v) is 11.5. The van der Waals surface area contributed by atoms with Gasteiger partial charge in [0.2, 0.25) is 0 Å². The van der Waals surface area contributed by atoms with Crippen molar-refractivity contribution in [2.24, 2.45) is 0 Å². The van der Waals surface area contributed by atoms with Crippen molar-refractivity contribution in [3.05, 3.63) is 73.1 Å². The Morgan fingerprint density at radius 1 is 1.20 bits per heavy atom. The van der Waals surface area contributed by atoms with Gasteiger partial charge in [0.05, 0.1) is 0 Å². The highest BCUT2D eigenvalue weighted by molar-refractivity contribution is 5.80. The van der Waals surface area contributed by atoms with E-state index in [2.05, 4.69) is 59.1 Å². The predicted octanol–water partition coefficient (Wildman–Crippen LogP) is 4.70. The average molecular weight is 260 g/mol. The summed E-state index contributed by atoms with van der Waals surface area (Å²) in [4.78, 5) is 4.52. The van der Waals surface area contributed by atoms with E-state index >= 15 is 0 Å². The van der Waals surface area contributed by atoms with Crippen LogP contribution in [0.1, 0.15) is 18.1 Å². The molecule has 0 aliphatic rings. The first kappa shape index (κ1) is 12.4. The lowest BCUT2D eigenvalue weighted by Gasteiger charge is -2.06. The predicted molar refractivity (Wildman–Crippen MR) is 85.9 cm³/mol. The van der Waals surface area contributed by atoms with E-state index in [1.54, 1.807) is 0 Å². The van der Waals surface area contributed by atoms with Crippen LogP contribution in [-0.2, 0) is 0 Å². The maximum atomic E-state index is 4.52. The monoisotopic (exact) mass is 260 g/mol. The number of hydrogen-bond acceptors (Lipinski definition) is 1. The molecule has 0 atom stereocenters. The Morgan fingerprint density at radius 3 is 2.60 bits per heavy atom. The van der Waals surface area contributed by atoms with Gasteiger partial charge in [-0.15, -0.1) is 0 Å². The van der Waals surface area contributed by atoms with Gasteiger partial charge in [0, 0.05) is 23.5 Å². The summed E-state index contributed by atoms with van der Waals surface area (Å²) in [5.41, 5.74) is 5.32. The molecule has 3 rings (SSSR count). The first-order valence-electron chi connectivity index (χ1n) is 6.55. The summed E-state index contributed by atoms with van der Waals surface area (Å²) in [7, 11) is 0. The Labute approximate surface area is 118 Å². The molecule has 98 valence electrons. The van der Waals surface area contributed by atoms with Gasteiger partial charge < -0.3 is 4.57 Å². The van der Waals surface area contributed by atoms with Gasteiger partial charge in [0.25, 0.3) is 0 Å². The van der Waals surface area contributed by atoms with E-state index in [1.165, 1.54) is 0 Å². The number of aromatic nitrogens is 2. The lowest BCUT2D eigenvalue weighted by atomic mass is 10.1. The molecule has 2 heterocycles. The number of hydrogen-bond donors (Lipinski definition) is 0. The first-order valence-corrected chi connectivity index (χ1v) is 6.55. The van der Waals surface area contributed by atoms with Crippen LogP contribution in [0.2, 0.25) is 0 Å². The molecule has 0 fully saturated rings. The maximum Gasteiger partial charge on any atom is 0.144 e. The Kier molecular flexibility index (Phi) is 2.99. The molecule has 2 aromatic heterocycles. The summed E-state index contributed by atoms with van der Waals surface area (Å²) in [6.45, 7) is 9.74. The van der Waals surface area contributed by atoms with Crippen LogP contribution in [0.5, 0.6) is 0 Å². The first-order chi connectivity index (χ1) is 9.69. The van der Waals surface area contributed by atoms with Crippen molar-refractivity contribution in [1.29, 1.82) is 0 Å².